The number of benzene rings is 11. The fourth-order valence-electron chi connectivity index (χ4n) is 12.0. The number of ether oxygens (including phenoxy) is 1. The van der Waals surface area contributed by atoms with E-state index in [4.69, 9.17) is 19.7 Å². The average molecular weight is 1160 g/mol. The first-order chi connectivity index (χ1) is 45.1. The first-order valence-electron chi connectivity index (χ1n) is 30.5. The number of pyridine rings is 3. The smallest absolute Gasteiger partial charge is 0.224 e. The quantitative estimate of drug-likeness (QED) is 0.102. The van der Waals surface area contributed by atoms with Crippen LogP contribution in [-0.4, -0.2) is 24.9 Å². The largest absolute Gasteiger partial charge is 0.421 e. The van der Waals surface area contributed by atoms with Crippen LogP contribution < -0.4 is 4.74 Å². The van der Waals surface area contributed by atoms with Crippen LogP contribution in [0.1, 0.15) is 0 Å². The highest BCUT2D eigenvalue weighted by Gasteiger charge is 2.18. The van der Waals surface area contributed by atoms with E-state index in [9.17, 15) is 0 Å². The van der Waals surface area contributed by atoms with Crippen molar-refractivity contribution in [3.63, 3.8) is 0 Å². The molecule has 91 heavy (non-hydrogen) atoms. The summed E-state index contributed by atoms with van der Waals surface area (Å²) in [4.78, 5) is 23.8. The molecule has 0 aliphatic heterocycles. The SMILES string of the molecule is c1ccc(-c2ccc(-c3ccc(-c4cccc(-c5cccc(Oc6ccnc(-c7ccc(-c8ccccc8-c8cc(-c9ccccc9-c9ccc(-c%10ccccn%10)cc9)cc(-c9ccccc9-c9ccc(-c%10ccccn%10)cc9)c8)cc7)n6)n5)c4)cc3)cc2)cc1. The summed E-state index contributed by atoms with van der Waals surface area (Å²) in [6.07, 6.45) is 5.41. The highest BCUT2D eigenvalue weighted by molar-refractivity contribution is 5.95. The van der Waals surface area contributed by atoms with E-state index in [2.05, 4.69) is 271 Å². The summed E-state index contributed by atoms with van der Waals surface area (Å²) in [7, 11) is 0. The molecule has 15 aromatic rings. The van der Waals surface area contributed by atoms with Crippen LogP contribution in [0.4, 0.5) is 0 Å². The lowest BCUT2D eigenvalue weighted by Gasteiger charge is -2.18. The summed E-state index contributed by atoms with van der Waals surface area (Å²) >= 11 is 0. The van der Waals surface area contributed by atoms with Crippen LogP contribution >= 0.6 is 0 Å². The Morgan fingerprint density at radius 3 is 0.967 bits per heavy atom. The first kappa shape index (κ1) is 55.3. The molecular weight excluding hydrogens is 1110 g/mol. The van der Waals surface area contributed by atoms with E-state index in [1.807, 2.05) is 73.1 Å². The number of aromatic nitrogens is 5. The third-order valence-corrected chi connectivity index (χ3v) is 16.7. The van der Waals surface area contributed by atoms with Crippen LogP contribution in [0.25, 0.3) is 145 Å². The van der Waals surface area contributed by atoms with E-state index in [0.29, 0.717) is 17.6 Å². The molecule has 0 fully saturated rings. The lowest BCUT2D eigenvalue weighted by Crippen LogP contribution is -1.95. The molecule has 0 N–H and O–H groups in total. The second-order valence-electron chi connectivity index (χ2n) is 22.4. The van der Waals surface area contributed by atoms with Crippen molar-refractivity contribution in [1.29, 1.82) is 0 Å². The molecule has 0 bridgehead atoms. The van der Waals surface area contributed by atoms with Crippen LogP contribution in [0, 0.1) is 0 Å². The van der Waals surface area contributed by atoms with Crippen LogP contribution in [0.3, 0.4) is 0 Å². The van der Waals surface area contributed by atoms with Crippen molar-refractivity contribution < 1.29 is 4.74 Å². The normalized spacial score (nSPS) is 11.1. The van der Waals surface area contributed by atoms with Crippen molar-refractivity contribution >= 4 is 0 Å². The van der Waals surface area contributed by atoms with Crippen molar-refractivity contribution in [1.82, 2.24) is 24.9 Å². The molecule has 0 aliphatic rings. The fourth-order valence-corrected chi connectivity index (χ4v) is 12.0. The highest BCUT2D eigenvalue weighted by Crippen LogP contribution is 2.43. The Hall–Kier alpha value is -12.3. The molecule has 4 heterocycles. The molecule has 0 saturated carbocycles. The lowest BCUT2D eigenvalue weighted by molar-refractivity contribution is 0.445. The van der Waals surface area contributed by atoms with Gasteiger partial charge in [-0.2, -0.15) is 4.98 Å². The van der Waals surface area contributed by atoms with E-state index in [1.54, 1.807) is 12.3 Å². The molecule has 0 unspecified atom stereocenters. The number of rotatable bonds is 15. The van der Waals surface area contributed by atoms with Gasteiger partial charge in [-0.1, -0.05) is 261 Å². The molecule has 11 aromatic carbocycles. The molecule has 0 atom stereocenters. The highest BCUT2D eigenvalue weighted by atomic mass is 16.5. The Kier molecular flexibility index (Phi) is 15.3. The van der Waals surface area contributed by atoms with E-state index < -0.39 is 0 Å². The minimum Gasteiger partial charge on any atom is -0.421 e. The fraction of sp³-hybridized carbons (Fsp3) is 0. The van der Waals surface area contributed by atoms with Crippen molar-refractivity contribution in [3.8, 4) is 157 Å². The summed E-state index contributed by atoms with van der Waals surface area (Å²) in [6, 6.07) is 115. The lowest BCUT2D eigenvalue weighted by atomic mass is 9.86. The predicted molar refractivity (Wildman–Crippen MR) is 373 cm³/mol. The monoisotopic (exact) mass is 1160 g/mol. The van der Waals surface area contributed by atoms with Crippen molar-refractivity contribution in [3.05, 3.63) is 346 Å². The van der Waals surface area contributed by atoms with Gasteiger partial charge in [-0.05, 0) is 155 Å². The van der Waals surface area contributed by atoms with Crippen molar-refractivity contribution in [2.45, 2.75) is 0 Å². The van der Waals surface area contributed by atoms with Crippen LogP contribution in [-0.2, 0) is 0 Å². The van der Waals surface area contributed by atoms with Gasteiger partial charge >= 0.3 is 0 Å². The van der Waals surface area contributed by atoms with E-state index in [1.165, 1.54) is 22.3 Å². The Morgan fingerprint density at radius 2 is 0.505 bits per heavy atom. The summed E-state index contributed by atoms with van der Waals surface area (Å²) in [5, 5.41) is 0. The van der Waals surface area contributed by atoms with Gasteiger partial charge in [0.05, 0.1) is 17.1 Å². The third-order valence-electron chi connectivity index (χ3n) is 16.7. The second kappa shape index (κ2) is 25.2. The molecule has 0 amide bonds. The molecule has 0 aliphatic carbocycles. The van der Waals surface area contributed by atoms with Crippen LogP contribution in [0.5, 0.6) is 11.8 Å². The van der Waals surface area contributed by atoms with Gasteiger partial charge in [0.15, 0.2) is 5.82 Å². The van der Waals surface area contributed by atoms with Gasteiger partial charge in [-0.25, -0.2) is 9.97 Å². The summed E-state index contributed by atoms with van der Waals surface area (Å²) < 4.78 is 6.39. The maximum atomic E-state index is 6.39. The van der Waals surface area contributed by atoms with E-state index >= 15 is 0 Å². The Morgan fingerprint density at radius 1 is 0.176 bits per heavy atom. The zero-order valence-electron chi connectivity index (χ0n) is 49.6. The van der Waals surface area contributed by atoms with E-state index in [0.717, 1.165) is 117 Å². The van der Waals surface area contributed by atoms with Gasteiger partial charge < -0.3 is 4.74 Å². The first-order valence-corrected chi connectivity index (χ1v) is 30.5. The molecule has 15 rings (SSSR count). The van der Waals surface area contributed by atoms with Gasteiger partial charge in [0.1, 0.15) is 0 Å². The third kappa shape index (κ3) is 12.0. The summed E-state index contributed by atoms with van der Waals surface area (Å²) in [5.74, 6) is 1.38. The molecule has 6 nitrogen and oxygen atoms in total. The standard InChI is InChI=1S/C85H57N5O/c1-2-16-58(17-3-1)59-30-32-60(33-31-59)61-34-36-62(37-35-61)69-18-14-19-70(54-69)82-28-15-29-83(89-82)91-84-50-53-88-85(90-84)68-48-42-65(43-49-68)76-22-6-9-25-79(76)73-56-71(77-23-7-4-20-74(77)63-38-44-66(45-39-63)80-26-10-12-51-86-80)55-72(57-73)78-24-8-5-21-75(78)64-40-46-67(47-41-64)81-27-11-13-52-87-81/h1-57H. The van der Waals surface area contributed by atoms with Gasteiger partial charge in [0.2, 0.25) is 11.8 Å². The molecule has 6 heteroatoms. The van der Waals surface area contributed by atoms with Gasteiger partial charge in [-0.15, -0.1) is 0 Å². The molecular formula is C85H57N5O. The topological polar surface area (TPSA) is 73.7 Å². The summed E-state index contributed by atoms with van der Waals surface area (Å²) in [5.41, 5.74) is 27.1. The van der Waals surface area contributed by atoms with Crippen LogP contribution in [0.2, 0.25) is 0 Å². The Balaban J connectivity index is 0.709. The number of hydrogen-bond donors (Lipinski definition) is 0. The maximum Gasteiger partial charge on any atom is 0.224 e. The van der Waals surface area contributed by atoms with Crippen molar-refractivity contribution in [2.24, 2.45) is 0 Å². The number of nitrogens with zero attached hydrogens (tertiary/aromatic N) is 5. The average Bonchev–Trinajstić information content (AvgIpc) is 1.69. The molecule has 0 radical (unpaired) electrons. The minimum absolute atomic E-state index is 0.398. The van der Waals surface area contributed by atoms with Crippen LogP contribution in [0.15, 0.2) is 346 Å². The zero-order valence-corrected chi connectivity index (χ0v) is 49.6. The van der Waals surface area contributed by atoms with Gasteiger partial charge in [0.25, 0.3) is 0 Å². The Labute approximate surface area is 529 Å². The molecule has 428 valence electrons. The Bertz CT molecular complexity index is 4870. The zero-order chi connectivity index (χ0) is 60.7. The van der Waals surface area contributed by atoms with Gasteiger partial charge in [0, 0.05) is 53.0 Å². The van der Waals surface area contributed by atoms with Crippen molar-refractivity contribution in [2.75, 3.05) is 0 Å². The molecule has 0 saturated heterocycles. The number of hydrogen-bond acceptors (Lipinski definition) is 6. The summed E-state index contributed by atoms with van der Waals surface area (Å²) in [6.45, 7) is 0. The predicted octanol–water partition coefficient (Wildman–Crippen LogP) is 22.1. The molecule has 0 spiro atoms. The minimum atomic E-state index is 0.398. The van der Waals surface area contributed by atoms with Gasteiger partial charge in [-0.3, -0.25) is 9.97 Å². The molecule has 4 aromatic heterocycles. The maximum absolute atomic E-state index is 6.39. The second-order valence-corrected chi connectivity index (χ2v) is 22.4. The van der Waals surface area contributed by atoms with E-state index in [-0.39, 0.29) is 0 Å².